The maximum atomic E-state index is 12.4. The Morgan fingerprint density at radius 1 is 1.55 bits per heavy atom. The van der Waals surface area contributed by atoms with Crippen molar-refractivity contribution in [3.05, 3.63) is 12.3 Å². The predicted molar refractivity (Wildman–Crippen MR) is 79.1 cm³/mol. The molecule has 0 aliphatic heterocycles. The lowest BCUT2D eigenvalue weighted by atomic mass is 9.96. The van der Waals surface area contributed by atoms with Crippen LogP contribution in [0, 0.1) is 5.92 Å². The molecule has 1 saturated carbocycles. The zero-order chi connectivity index (χ0) is 14.9. The van der Waals surface area contributed by atoms with E-state index in [0.29, 0.717) is 11.6 Å². The van der Waals surface area contributed by atoms with E-state index >= 15 is 0 Å². The van der Waals surface area contributed by atoms with Gasteiger partial charge in [-0.2, -0.15) is 0 Å². The molecule has 1 amide bonds. The van der Waals surface area contributed by atoms with Crippen LogP contribution in [0.15, 0.2) is 12.3 Å². The number of aromatic nitrogens is 1. The van der Waals surface area contributed by atoms with Crippen molar-refractivity contribution < 1.29 is 9.53 Å². The maximum Gasteiger partial charge on any atom is 0.244 e. The van der Waals surface area contributed by atoms with Crippen molar-refractivity contribution >= 4 is 17.3 Å². The number of nitrogens with two attached hydrogens (primary N) is 1. The number of rotatable bonds is 5. The van der Waals surface area contributed by atoms with Crippen LogP contribution < -0.4 is 20.7 Å². The molecular weight excluding hydrogens is 256 g/mol. The highest BCUT2D eigenvalue weighted by Gasteiger charge is 2.44. The van der Waals surface area contributed by atoms with Gasteiger partial charge >= 0.3 is 0 Å². The molecule has 0 aromatic carbocycles. The van der Waals surface area contributed by atoms with Crippen molar-refractivity contribution in [2.45, 2.75) is 25.3 Å². The normalized spacial score (nSPS) is 17.2. The molecule has 1 aromatic heterocycles. The van der Waals surface area contributed by atoms with Crippen LogP contribution in [0.25, 0.3) is 0 Å². The van der Waals surface area contributed by atoms with Crippen LogP contribution in [0.3, 0.4) is 0 Å². The third-order valence-corrected chi connectivity index (χ3v) is 3.72. The molecule has 3 N–H and O–H groups in total. The van der Waals surface area contributed by atoms with Gasteiger partial charge in [0, 0.05) is 20.3 Å². The van der Waals surface area contributed by atoms with Gasteiger partial charge in [0.15, 0.2) is 0 Å². The van der Waals surface area contributed by atoms with Gasteiger partial charge in [0.2, 0.25) is 11.8 Å². The Morgan fingerprint density at radius 3 is 2.70 bits per heavy atom. The highest BCUT2D eigenvalue weighted by Crippen LogP contribution is 2.40. The third-order valence-electron chi connectivity index (χ3n) is 3.72. The zero-order valence-electron chi connectivity index (χ0n) is 12.4. The largest absolute Gasteiger partial charge is 0.479 e. The number of methoxy groups -OCH3 is 1. The van der Waals surface area contributed by atoms with Crippen LogP contribution in [0.2, 0.25) is 0 Å². The van der Waals surface area contributed by atoms with Crippen molar-refractivity contribution in [2.75, 3.05) is 31.4 Å². The number of nitrogens with one attached hydrogen (secondary N) is 1. The smallest absolute Gasteiger partial charge is 0.244 e. The predicted octanol–water partition coefficient (Wildman–Crippen LogP) is 1.22. The number of hydrogen-bond donors (Lipinski definition) is 2. The second-order valence-electron chi connectivity index (χ2n) is 5.62. The average Bonchev–Trinajstić information content (AvgIpc) is 3.23. The minimum Gasteiger partial charge on any atom is -0.479 e. The summed E-state index contributed by atoms with van der Waals surface area (Å²) in [5, 5.41) is 2.88. The Balaban J connectivity index is 2.30. The molecular formula is C14H22N4O2. The van der Waals surface area contributed by atoms with Crippen LogP contribution in [0.1, 0.15) is 19.8 Å². The summed E-state index contributed by atoms with van der Waals surface area (Å²) in [4.78, 5) is 18.4. The minimum atomic E-state index is -0.857. The summed E-state index contributed by atoms with van der Waals surface area (Å²) < 4.78 is 5.23. The number of nitrogens with zero attached hydrogens (tertiary/aromatic N) is 2. The van der Waals surface area contributed by atoms with Crippen LogP contribution in [-0.2, 0) is 4.79 Å². The SMILES string of the molecule is COc1nccc(N(C)C)c1NC(=O)C(C)(N)C1CC1. The van der Waals surface area contributed by atoms with Crippen molar-refractivity contribution in [2.24, 2.45) is 11.7 Å². The molecule has 1 aromatic rings. The molecule has 0 radical (unpaired) electrons. The van der Waals surface area contributed by atoms with E-state index in [9.17, 15) is 4.79 Å². The van der Waals surface area contributed by atoms with Gasteiger partial charge in [-0.05, 0) is 31.7 Å². The molecule has 1 atom stereocenters. The zero-order valence-corrected chi connectivity index (χ0v) is 12.4. The molecule has 1 heterocycles. The molecule has 2 rings (SSSR count). The van der Waals surface area contributed by atoms with Gasteiger partial charge in [0.25, 0.3) is 0 Å². The lowest BCUT2D eigenvalue weighted by Gasteiger charge is -2.25. The molecule has 20 heavy (non-hydrogen) atoms. The van der Waals surface area contributed by atoms with E-state index in [2.05, 4.69) is 10.3 Å². The standard InChI is InChI=1S/C14H22N4O2/c1-14(15,9-5-6-9)13(19)17-11-10(18(2)3)7-8-16-12(11)20-4/h7-9H,5-6,15H2,1-4H3,(H,17,19). The van der Waals surface area contributed by atoms with E-state index in [1.165, 1.54) is 7.11 Å². The van der Waals surface area contributed by atoms with Crippen molar-refractivity contribution in [1.29, 1.82) is 0 Å². The molecule has 1 unspecified atom stereocenters. The first-order chi connectivity index (χ1) is 9.37. The Bertz CT molecular complexity index is 510. The number of ether oxygens (including phenoxy) is 1. The first-order valence-electron chi connectivity index (χ1n) is 6.68. The van der Waals surface area contributed by atoms with Crippen LogP contribution in [0.4, 0.5) is 11.4 Å². The summed E-state index contributed by atoms with van der Waals surface area (Å²) in [6, 6.07) is 1.82. The number of carbonyl (C=O) groups excluding carboxylic acids is 1. The highest BCUT2D eigenvalue weighted by atomic mass is 16.5. The van der Waals surface area contributed by atoms with Gasteiger partial charge in [-0.15, -0.1) is 0 Å². The van der Waals surface area contributed by atoms with Crippen molar-refractivity contribution in [1.82, 2.24) is 4.98 Å². The molecule has 6 heteroatoms. The number of hydrogen-bond acceptors (Lipinski definition) is 5. The van der Waals surface area contributed by atoms with E-state index in [1.54, 1.807) is 13.1 Å². The van der Waals surface area contributed by atoms with E-state index in [4.69, 9.17) is 10.5 Å². The number of pyridine rings is 1. The fraction of sp³-hybridized carbons (Fsp3) is 0.571. The molecule has 0 spiro atoms. The maximum absolute atomic E-state index is 12.4. The van der Waals surface area contributed by atoms with Gasteiger partial charge in [0.05, 0.1) is 18.3 Å². The lowest BCUT2D eigenvalue weighted by Crippen LogP contribution is -2.50. The second kappa shape index (κ2) is 5.28. The Labute approximate surface area is 119 Å². The summed E-state index contributed by atoms with van der Waals surface area (Å²) in [6.45, 7) is 1.78. The van der Waals surface area contributed by atoms with Gasteiger partial charge in [-0.3, -0.25) is 4.79 Å². The minimum absolute atomic E-state index is 0.200. The van der Waals surface area contributed by atoms with E-state index in [1.807, 2.05) is 25.1 Å². The third kappa shape index (κ3) is 2.70. The molecule has 0 saturated heterocycles. The second-order valence-corrected chi connectivity index (χ2v) is 5.62. The van der Waals surface area contributed by atoms with E-state index in [-0.39, 0.29) is 11.8 Å². The molecule has 1 fully saturated rings. The van der Waals surface area contributed by atoms with Gasteiger partial charge in [-0.25, -0.2) is 4.98 Å². The fourth-order valence-corrected chi connectivity index (χ4v) is 2.19. The molecule has 0 bridgehead atoms. The summed E-state index contributed by atoms with van der Waals surface area (Å²) in [7, 11) is 5.32. The van der Waals surface area contributed by atoms with Crippen LogP contribution in [0.5, 0.6) is 5.88 Å². The number of anilines is 2. The van der Waals surface area contributed by atoms with Crippen molar-refractivity contribution in [3.8, 4) is 5.88 Å². The monoisotopic (exact) mass is 278 g/mol. The molecule has 6 nitrogen and oxygen atoms in total. The van der Waals surface area contributed by atoms with E-state index in [0.717, 1.165) is 18.5 Å². The highest BCUT2D eigenvalue weighted by molar-refractivity contribution is 6.01. The number of carbonyl (C=O) groups is 1. The van der Waals surface area contributed by atoms with E-state index < -0.39 is 5.54 Å². The molecule has 110 valence electrons. The first kappa shape index (κ1) is 14.6. The van der Waals surface area contributed by atoms with Gasteiger partial charge in [0.1, 0.15) is 5.69 Å². The van der Waals surface area contributed by atoms with Crippen molar-refractivity contribution in [3.63, 3.8) is 0 Å². The summed E-state index contributed by atoms with van der Waals surface area (Å²) in [5.41, 5.74) is 6.68. The summed E-state index contributed by atoms with van der Waals surface area (Å²) >= 11 is 0. The quantitative estimate of drug-likeness (QED) is 0.846. The fourth-order valence-electron chi connectivity index (χ4n) is 2.19. The Morgan fingerprint density at radius 2 is 2.20 bits per heavy atom. The lowest BCUT2D eigenvalue weighted by molar-refractivity contribution is -0.121. The van der Waals surface area contributed by atoms with Crippen LogP contribution in [-0.4, -0.2) is 37.6 Å². The summed E-state index contributed by atoms with van der Waals surface area (Å²) in [5.74, 6) is 0.443. The number of amides is 1. The van der Waals surface area contributed by atoms with Gasteiger partial charge < -0.3 is 20.7 Å². The first-order valence-corrected chi connectivity index (χ1v) is 6.68. The summed E-state index contributed by atoms with van der Waals surface area (Å²) in [6.07, 6.45) is 3.66. The Hall–Kier alpha value is -1.82. The van der Waals surface area contributed by atoms with Gasteiger partial charge in [-0.1, -0.05) is 0 Å². The van der Waals surface area contributed by atoms with Crippen LogP contribution >= 0.6 is 0 Å². The average molecular weight is 278 g/mol. The Kier molecular flexibility index (Phi) is 3.85. The topological polar surface area (TPSA) is 80.5 Å². The molecule has 1 aliphatic carbocycles. The molecule has 1 aliphatic rings.